The van der Waals surface area contributed by atoms with Crippen LogP contribution in [-0.4, -0.2) is 10.9 Å². The molecule has 7 heteroatoms. The first-order chi connectivity index (χ1) is 7.80. The standard InChI is InChI=1S/C10H7F3N2O2/c11-10(12,13)7-4-6(9(17)15-5-7)2-1-3-8(14)16/h4-5H,3H2,(H2,14,16)(H,15,17). The van der Waals surface area contributed by atoms with Crippen LogP contribution in [0.4, 0.5) is 13.2 Å². The van der Waals surface area contributed by atoms with Crippen molar-refractivity contribution in [1.82, 2.24) is 4.98 Å². The molecule has 0 saturated heterocycles. The zero-order valence-corrected chi connectivity index (χ0v) is 8.39. The van der Waals surface area contributed by atoms with Gasteiger partial charge in [-0.3, -0.25) is 9.59 Å². The molecule has 1 rings (SSSR count). The van der Waals surface area contributed by atoms with Crippen molar-refractivity contribution in [3.05, 3.63) is 33.7 Å². The number of hydrogen-bond acceptors (Lipinski definition) is 2. The molecule has 1 heterocycles. The van der Waals surface area contributed by atoms with Crippen LogP contribution >= 0.6 is 0 Å². The van der Waals surface area contributed by atoms with Crippen LogP contribution in [0.25, 0.3) is 0 Å². The highest BCUT2D eigenvalue weighted by atomic mass is 19.4. The van der Waals surface area contributed by atoms with Gasteiger partial charge in [0.1, 0.15) is 0 Å². The maximum absolute atomic E-state index is 12.3. The monoisotopic (exact) mass is 244 g/mol. The lowest BCUT2D eigenvalue weighted by molar-refractivity contribution is -0.137. The van der Waals surface area contributed by atoms with Crippen LogP contribution in [0.5, 0.6) is 0 Å². The average Bonchev–Trinajstić information content (AvgIpc) is 2.18. The normalized spacial score (nSPS) is 10.5. The van der Waals surface area contributed by atoms with E-state index < -0.39 is 23.2 Å². The summed E-state index contributed by atoms with van der Waals surface area (Å²) < 4.78 is 36.9. The molecule has 1 aromatic rings. The van der Waals surface area contributed by atoms with Crippen molar-refractivity contribution in [2.24, 2.45) is 5.73 Å². The molecule has 0 bridgehead atoms. The van der Waals surface area contributed by atoms with Crippen molar-refractivity contribution < 1.29 is 18.0 Å². The highest BCUT2D eigenvalue weighted by Crippen LogP contribution is 2.28. The second-order valence-corrected chi connectivity index (χ2v) is 3.07. The molecular weight excluding hydrogens is 237 g/mol. The molecule has 0 unspecified atom stereocenters. The summed E-state index contributed by atoms with van der Waals surface area (Å²) in [5, 5.41) is 0. The van der Waals surface area contributed by atoms with Crippen LogP contribution in [0.1, 0.15) is 17.5 Å². The Morgan fingerprint density at radius 1 is 1.47 bits per heavy atom. The Hall–Kier alpha value is -2.23. The van der Waals surface area contributed by atoms with Gasteiger partial charge >= 0.3 is 6.18 Å². The highest BCUT2D eigenvalue weighted by Gasteiger charge is 2.31. The molecule has 0 aromatic carbocycles. The molecule has 0 saturated carbocycles. The lowest BCUT2D eigenvalue weighted by atomic mass is 10.2. The number of H-pyrrole nitrogens is 1. The third-order valence-corrected chi connectivity index (χ3v) is 1.72. The first-order valence-electron chi connectivity index (χ1n) is 4.38. The van der Waals surface area contributed by atoms with E-state index in [1.54, 1.807) is 0 Å². The average molecular weight is 244 g/mol. The molecule has 1 aromatic heterocycles. The molecule has 0 aliphatic heterocycles. The third-order valence-electron chi connectivity index (χ3n) is 1.72. The summed E-state index contributed by atoms with van der Waals surface area (Å²) in [4.78, 5) is 23.4. The summed E-state index contributed by atoms with van der Waals surface area (Å²) in [7, 11) is 0. The number of nitrogens with two attached hydrogens (primary N) is 1. The van der Waals surface area contributed by atoms with E-state index in [0.29, 0.717) is 12.3 Å². The van der Waals surface area contributed by atoms with Gasteiger partial charge in [-0.05, 0) is 6.07 Å². The fraction of sp³-hybridized carbons (Fsp3) is 0.200. The zero-order chi connectivity index (χ0) is 13.1. The van der Waals surface area contributed by atoms with Crippen molar-refractivity contribution in [2.75, 3.05) is 0 Å². The summed E-state index contributed by atoms with van der Waals surface area (Å²) in [6, 6.07) is 0.618. The minimum Gasteiger partial charge on any atom is -0.369 e. The van der Waals surface area contributed by atoms with Gasteiger partial charge in [-0.25, -0.2) is 0 Å². The minimum atomic E-state index is -4.57. The fourth-order valence-corrected chi connectivity index (χ4v) is 0.967. The van der Waals surface area contributed by atoms with Crippen molar-refractivity contribution in [2.45, 2.75) is 12.6 Å². The van der Waals surface area contributed by atoms with E-state index in [1.807, 2.05) is 4.98 Å². The molecule has 0 aliphatic carbocycles. The number of carbonyl (C=O) groups is 1. The van der Waals surface area contributed by atoms with E-state index in [1.165, 1.54) is 0 Å². The smallest absolute Gasteiger partial charge is 0.369 e. The van der Waals surface area contributed by atoms with E-state index in [9.17, 15) is 22.8 Å². The van der Waals surface area contributed by atoms with Gasteiger partial charge in [0.25, 0.3) is 5.56 Å². The van der Waals surface area contributed by atoms with Gasteiger partial charge in [0, 0.05) is 6.20 Å². The zero-order valence-electron chi connectivity index (χ0n) is 8.39. The molecule has 4 nitrogen and oxygen atoms in total. The van der Waals surface area contributed by atoms with Gasteiger partial charge in [-0.2, -0.15) is 13.2 Å². The highest BCUT2D eigenvalue weighted by molar-refractivity contribution is 5.76. The van der Waals surface area contributed by atoms with Gasteiger partial charge in [-0.15, -0.1) is 0 Å². The Kier molecular flexibility index (Phi) is 3.58. The predicted molar refractivity (Wildman–Crippen MR) is 52.8 cm³/mol. The number of carbonyl (C=O) groups excluding carboxylic acids is 1. The number of alkyl halides is 3. The maximum Gasteiger partial charge on any atom is 0.417 e. The predicted octanol–water partition coefficient (Wildman–Crippen LogP) is 0.621. The quantitative estimate of drug-likeness (QED) is 0.710. The molecule has 0 radical (unpaired) electrons. The van der Waals surface area contributed by atoms with Crippen LogP contribution in [0, 0.1) is 11.8 Å². The molecule has 90 valence electrons. The number of rotatable bonds is 1. The Balaban J connectivity index is 3.10. The number of aromatic amines is 1. The van der Waals surface area contributed by atoms with Gasteiger partial charge in [0.2, 0.25) is 5.91 Å². The molecule has 1 amide bonds. The summed E-state index contributed by atoms with van der Waals surface area (Å²) in [5.41, 5.74) is 2.66. The van der Waals surface area contributed by atoms with Crippen LogP contribution in [0.2, 0.25) is 0 Å². The Bertz CT molecular complexity index is 549. The first kappa shape index (κ1) is 12.8. The number of aromatic nitrogens is 1. The Morgan fingerprint density at radius 3 is 2.65 bits per heavy atom. The van der Waals surface area contributed by atoms with Crippen LogP contribution in [-0.2, 0) is 11.0 Å². The summed E-state index contributed by atoms with van der Waals surface area (Å²) in [6.07, 6.45) is -4.33. The van der Waals surface area contributed by atoms with Gasteiger partial charge in [0.05, 0.1) is 17.5 Å². The topological polar surface area (TPSA) is 76.0 Å². The van der Waals surface area contributed by atoms with E-state index in [0.717, 1.165) is 0 Å². The van der Waals surface area contributed by atoms with Gasteiger partial charge in [-0.1, -0.05) is 11.8 Å². The van der Waals surface area contributed by atoms with Crippen molar-refractivity contribution in [1.29, 1.82) is 0 Å². The van der Waals surface area contributed by atoms with Crippen molar-refractivity contribution >= 4 is 5.91 Å². The van der Waals surface area contributed by atoms with E-state index >= 15 is 0 Å². The number of primary amides is 1. The lowest BCUT2D eigenvalue weighted by Crippen LogP contribution is -2.15. The molecule has 17 heavy (non-hydrogen) atoms. The number of amides is 1. The molecule has 0 fully saturated rings. The van der Waals surface area contributed by atoms with E-state index in [4.69, 9.17) is 5.73 Å². The number of nitrogens with one attached hydrogen (secondary N) is 1. The minimum absolute atomic E-state index is 0.324. The SMILES string of the molecule is NC(=O)CC#Cc1cc(C(F)(F)F)c[nH]c1=O. The lowest BCUT2D eigenvalue weighted by Gasteiger charge is -2.05. The van der Waals surface area contributed by atoms with Gasteiger partial charge in [0.15, 0.2) is 0 Å². The number of hydrogen-bond donors (Lipinski definition) is 2. The first-order valence-corrected chi connectivity index (χ1v) is 4.38. The molecule has 0 aliphatic rings. The van der Waals surface area contributed by atoms with E-state index in [2.05, 4.69) is 11.8 Å². The van der Waals surface area contributed by atoms with E-state index in [-0.39, 0.29) is 12.0 Å². The Labute approximate surface area is 93.6 Å². The molecule has 0 spiro atoms. The van der Waals surface area contributed by atoms with Crippen molar-refractivity contribution in [3.63, 3.8) is 0 Å². The molecular formula is C10H7F3N2O2. The molecule has 3 N–H and O–H groups in total. The second-order valence-electron chi connectivity index (χ2n) is 3.07. The second kappa shape index (κ2) is 4.74. The maximum atomic E-state index is 12.3. The van der Waals surface area contributed by atoms with Crippen LogP contribution in [0.15, 0.2) is 17.1 Å². The fourth-order valence-electron chi connectivity index (χ4n) is 0.967. The largest absolute Gasteiger partial charge is 0.417 e. The Morgan fingerprint density at radius 2 is 2.12 bits per heavy atom. The third kappa shape index (κ3) is 3.68. The summed E-state index contributed by atoms with van der Waals surface area (Å²) >= 11 is 0. The number of pyridine rings is 1. The van der Waals surface area contributed by atoms with Crippen LogP contribution < -0.4 is 11.3 Å². The van der Waals surface area contributed by atoms with Crippen molar-refractivity contribution in [3.8, 4) is 11.8 Å². The van der Waals surface area contributed by atoms with Gasteiger partial charge < -0.3 is 10.7 Å². The van der Waals surface area contributed by atoms with Crippen LogP contribution in [0.3, 0.4) is 0 Å². The number of halogens is 3. The molecule has 0 atom stereocenters. The summed E-state index contributed by atoms with van der Waals surface area (Å²) in [5.74, 6) is 3.65. The summed E-state index contributed by atoms with van der Waals surface area (Å²) in [6.45, 7) is 0.